The van der Waals surface area contributed by atoms with E-state index in [1.807, 2.05) is 37.6 Å². The van der Waals surface area contributed by atoms with Crippen LogP contribution in [0.3, 0.4) is 0 Å². The molecule has 1 aliphatic carbocycles. The molecule has 0 saturated carbocycles. The van der Waals surface area contributed by atoms with E-state index in [4.69, 9.17) is 9.98 Å². The average molecular weight is 674 g/mol. The fraction of sp³-hybridized carbons (Fsp3) is 0.143. The predicted octanol–water partition coefficient (Wildman–Crippen LogP) is 11.6. The quantitative estimate of drug-likeness (QED) is 0.129. The van der Waals surface area contributed by atoms with Gasteiger partial charge in [0.15, 0.2) is 0 Å². The zero-order valence-corrected chi connectivity index (χ0v) is 30.1. The lowest BCUT2D eigenvalue weighted by Crippen LogP contribution is -2.34. The molecule has 2 unspecified atom stereocenters. The Morgan fingerprint density at radius 1 is 0.865 bits per heavy atom. The van der Waals surface area contributed by atoms with Crippen LogP contribution in [-0.4, -0.2) is 24.5 Å². The molecule has 2 heterocycles. The van der Waals surface area contributed by atoms with Crippen molar-refractivity contribution in [3.8, 4) is 11.1 Å². The van der Waals surface area contributed by atoms with E-state index in [0.29, 0.717) is 0 Å². The molecule has 254 valence electrons. The number of hydrogen-bond donors (Lipinski definition) is 1. The number of rotatable bonds is 8. The fourth-order valence-electron chi connectivity index (χ4n) is 8.06. The summed E-state index contributed by atoms with van der Waals surface area (Å²) >= 11 is 0. The molecule has 0 fully saturated rings. The Balaban J connectivity index is 1.30. The van der Waals surface area contributed by atoms with Crippen LogP contribution in [0.4, 0.5) is 0 Å². The first kappa shape index (κ1) is 33.1. The summed E-state index contributed by atoms with van der Waals surface area (Å²) < 4.78 is 0. The van der Waals surface area contributed by atoms with Gasteiger partial charge in [-0.3, -0.25) is 9.98 Å². The highest BCUT2D eigenvalue weighted by atomic mass is 15.0. The third kappa shape index (κ3) is 6.03. The lowest BCUT2D eigenvalue weighted by Gasteiger charge is -2.33. The van der Waals surface area contributed by atoms with Gasteiger partial charge in [0.25, 0.3) is 0 Å². The number of hydrogen-bond acceptors (Lipinski definition) is 3. The maximum atomic E-state index is 5.14. The van der Waals surface area contributed by atoms with E-state index < -0.39 is 0 Å². The normalized spacial score (nSPS) is 18.5. The summed E-state index contributed by atoms with van der Waals surface area (Å²) in [6, 6.07) is 33.4. The fourth-order valence-corrected chi connectivity index (χ4v) is 8.06. The third-order valence-electron chi connectivity index (χ3n) is 10.4. The van der Waals surface area contributed by atoms with Crippen LogP contribution in [0.25, 0.3) is 44.3 Å². The van der Waals surface area contributed by atoms with Crippen molar-refractivity contribution in [3.63, 3.8) is 0 Å². The summed E-state index contributed by atoms with van der Waals surface area (Å²) in [5.74, 6) is 0.284. The Bertz CT molecular complexity index is 2480. The summed E-state index contributed by atoms with van der Waals surface area (Å²) in [6.07, 6.45) is 26.5. The number of allylic oxidation sites excluding steroid dienone is 8. The van der Waals surface area contributed by atoms with Gasteiger partial charge >= 0.3 is 0 Å². The monoisotopic (exact) mass is 673 g/mol. The van der Waals surface area contributed by atoms with Gasteiger partial charge in [0, 0.05) is 47.3 Å². The van der Waals surface area contributed by atoms with E-state index in [-0.39, 0.29) is 12.0 Å². The van der Waals surface area contributed by atoms with Gasteiger partial charge < -0.3 is 5.32 Å². The maximum Gasteiger partial charge on any atom is 0.0997 e. The molecule has 0 amide bonds. The Morgan fingerprint density at radius 2 is 1.71 bits per heavy atom. The molecule has 5 aromatic carbocycles. The minimum atomic E-state index is 0.0895. The molecular weight excluding hydrogens is 631 g/mol. The van der Waals surface area contributed by atoms with Crippen molar-refractivity contribution in [3.05, 3.63) is 191 Å². The van der Waals surface area contributed by atoms with Crippen LogP contribution in [0.2, 0.25) is 0 Å². The van der Waals surface area contributed by atoms with Gasteiger partial charge in [-0.05, 0) is 99.5 Å². The molecule has 8 rings (SSSR count). The molecule has 0 spiro atoms. The molecule has 3 aliphatic rings. The van der Waals surface area contributed by atoms with Crippen LogP contribution in [-0.2, 0) is 6.42 Å². The minimum Gasteiger partial charge on any atom is -0.383 e. The molecule has 2 aliphatic heterocycles. The summed E-state index contributed by atoms with van der Waals surface area (Å²) in [5, 5.41) is 8.70. The third-order valence-corrected chi connectivity index (χ3v) is 10.4. The second-order valence-corrected chi connectivity index (χ2v) is 13.4. The molecule has 0 radical (unpaired) electrons. The van der Waals surface area contributed by atoms with Gasteiger partial charge in [0.05, 0.1) is 11.8 Å². The summed E-state index contributed by atoms with van der Waals surface area (Å²) in [4.78, 5) is 10.0. The number of fused-ring (bicyclic) bond motifs is 4. The van der Waals surface area contributed by atoms with E-state index in [0.717, 1.165) is 29.8 Å². The largest absolute Gasteiger partial charge is 0.383 e. The number of benzene rings is 5. The van der Waals surface area contributed by atoms with Crippen LogP contribution in [0, 0.1) is 5.92 Å². The topological polar surface area (TPSA) is 36.8 Å². The molecule has 0 aromatic heterocycles. The van der Waals surface area contributed by atoms with Gasteiger partial charge in [-0.25, -0.2) is 0 Å². The van der Waals surface area contributed by atoms with Crippen LogP contribution >= 0.6 is 0 Å². The first-order valence-electron chi connectivity index (χ1n) is 18.4. The highest BCUT2D eigenvalue weighted by Crippen LogP contribution is 2.43. The van der Waals surface area contributed by atoms with Crippen LogP contribution in [0.15, 0.2) is 173 Å². The molecule has 0 saturated heterocycles. The molecule has 5 aromatic rings. The maximum absolute atomic E-state index is 5.14. The second kappa shape index (κ2) is 14.7. The van der Waals surface area contributed by atoms with Gasteiger partial charge in [-0.15, -0.1) is 0 Å². The summed E-state index contributed by atoms with van der Waals surface area (Å²) in [5.41, 5.74) is 13.1. The zero-order valence-electron chi connectivity index (χ0n) is 30.1. The number of nitrogens with one attached hydrogen (secondary N) is 1. The molecular formula is C49H43N3. The Labute approximate surface area is 307 Å². The molecule has 52 heavy (non-hydrogen) atoms. The van der Waals surface area contributed by atoms with Crippen molar-refractivity contribution in [2.24, 2.45) is 15.9 Å². The highest BCUT2D eigenvalue weighted by molar-refractivity contribution is 6.17. The molecule has 0 bridgehead atoms. The van der Waals surface area contributed by atoms with Crippen molar-refractivity contribution in [2.75, 3.05) is 6.54 Å². The smallest absolute Gasteiger partial charge is 0.0997 e. The minimum absolute atomic E-state index is 0.0895. The first-order valence-corrected chi connectivity index (χ1v) is 18.4. The van der Waals surface area contributed by atoms with Gasteiger partial charge in [-0.2, -0.15) is 0 Å². The van der Waals surface area contributed by atoms with Crippen LogP contribution < -0.4 is 5.32 Å². The molecule has 3 nitrogen and oxygen atoms in total. The molecule has 1 N–H and O–H groups in total. The van der Waals surface area contributed by atoms with Crippen LogP contribution in [0.1, 0.15) is 48.6 Å². The Morgan fingerprint density at radius 3 is 2.56 bits per heavy atom. The number of aryl methyl sites for hydroxylation is 1. The van der Waals surface area contributed by atoms with Crippen molar-refractivity contribution >= 4 is 45.1 Å². The van der Waals surface area contributed by atoms with Gasteiger partial charge in [0.2, 0.25) is 0 Å². The first-order chi connectivity index (χ1) is 25.7. The summed E-state index contributed by atoms with van der Waals surface area (Å²) in [7, 11) is 0. The molecule has 2 atom stereocenters. The standard InChI is InChI=1S/C49H43N3/c1-4-7-12-28-50-47(43-25-23-33-16-8-9-20-39(33)38(43)6-3)37-18-13-17-35(31-37)45-32-36(15-5-2)46(41-22-11-10-21-40(41)45)42-27-30-52-49-44(42)26-24-34-19-14-29-51-48(34)49/h4-5,7-29,31-32,34,48,52H,6,30H2,1-3H3/b7-4-,15-5-,28-12+,50-47?. The van der Waals surface area contributed by atoms with E-state index >= 15 is 0 Å². The van der Waals surface area contributed by atoms with E-state index in [2.05, 4.69) is 153 Å². The van der Waals surface area contributed by atoms with E-state index in [9.17, 15) is 0 Å². The second-order valence-electron chi connectivity index (χ2n) is 13.4. The van der Waals surface area contributed by atoms with E-state index in [1.165, 1.54) is 66.2 Å². The molecule has 3 heteroatoms. The summed E-state index contributed by atoms with van der Waals surface area (Å²) in [6.45, 7) is 7.14. The predicted molar refractivity (Wildman–Crippen MR) is 224 cm³/mol. The Kier molecular flexibility index (Phi) is 9.33. The number of aliphatic imine (C=N–C) groups is 2. The van der Waals surface area contributed by atoms with Crippen LogP contribution in [0.5, 0.6) is 0 Å². The lowest BCUT2D eigenvalue weighted by atomic mass is 9.79. The van der Waals surface area contributed by atoms with Crippen molar-refractivity contribution in [1.82, 2.24) is 5.32 Å². The Hall–Kier alpha value is -6.06. The number of dihydropyridines is 2. The zero-order chi connectivity index (χ0) is 35.4. The van der Waals surface area contributed by atoms with Crippen molar-refractivity contribution < 1.29 is 0 Å². The number of nitrogens with zero attached hydrogens (tertiary/aromatic N) is 2. The van der Waals surface area contributed by atoms with Crippen molar-refractivity contribution in [2.45, 2.75) is 33.2 Å². The SMILES string of the molecule is C/C=C\C=C\N=C(c1cccc(-c2cc(/C=C\C)c(C3=CCNC4=C3C=CC3C=CC=NC43)c3ccccc23)c1)c1ccc2ccccc2c1CC. The average Bonchev–Trinajstić information content (AvgIpc) is 3.20. The van der Waals surface area contributed by atoms with Gasteiger partial charge in [-0.1, -0.05) is 134 Å². The lowest BCUT2D eigenvalue weighted by molar-refractivity contribution is 0.597. The van der Waals surface area contributed by atoms with E-state index in [1.54, 1.807) is 0 Å². The van der Waals surface area contributed by atoms with Crippen molar-refractivity contribution in [1.29, 1.82) is 0 Å². The highest BCUT2D eigenvalue weighted by Gasteiger charge is 2.31. The van der Waals surface area contributed by atoms with Gasteiger partial charge in [0.1, 0.15) is 0 Å².